The zero-order chi connectivity index (χ0) is 49.8. The number of carbonyl (C=O) groups excluding carboxylic acids is 3. The number of nitrogens with zero attached hydrogens (tertiary/aromatic N) is 1. The second-order valence-corrected chi connectivity index (χ2v) is 20.2. The fraction of sp³-hybridized carbons (Fsp3) is 0.831. The van der Waals surface area contributed by atoms with Crippen LogP contribution in [0.15, 0.2) is 18.2 Å². The van der Waals surface area contributed by atoms with Crippen molar-refractivity contribution in [1.82, 2.24) is 10.2 Å². The summed E-state index contributed by atoms with van der Waals surface area (Å²) in [6.07, 6.45) is 34.8. The van der Waals surface area contributed by atoms with Gasteiger partial charge in [0.2, 0.25) is 0 Å². The Hall–Kier alpha value is -2.69. The van der Waals surface area contributed by atoms with Crippen LogP contribution in [0.2, 0.25) is 0 Å². The lowest BCUT2D eigenvalue weighted by Gasteiger charge is -2.19. The lowest BCUT2D eigenvalue weighted by molar-refractivity contribution is -0.160. The summed E-state index contributed by atoms with van der Waals surface area (Å²) in [6.45, 7) is 18.1. The van der Waals surface area contributed by atoms with E-state index in [1.165, 1.54) is 121 Å². The SMILES string of the molecule is [CH2]CCCCC(CCCCC)CCCc1cc(COC(=O)CCC(CCCCCC)OC(=O)NCCN2CCCC2)cc(COC(=O)CCC(OCCCCCCCC)OCCCCCCCC)c1. The number of unbranched alkanes of at least 4 members (excludes halogenated alkanes) is 17. The maximum atomic E-state index is 13.3. The van der Waals surface area contributed by atoms with E-state index in [9.17, 15) is 14.4 Å². The van der Waals surface area contributed by atoms with Gasteiger partial charge in [0, 0.05) is 39.1 Å². The van der Waals surface area contributed by atoms with Gasteiger partial charge in [0.15, 0.2) is 6.29 Å². The monoisotopic (exact) mass is 970 g/mol. The first-order chi connectivity index (χ1) is 33.8. The minimum Gasteiger partial charge on any atom is -0.461 e. The number of esters is 2. The number of amides is 1. The van der Waals surface area contributed by atoms with Gasteiger partial charge in [-0.1, -0.05) is 188 Å². The number of hydrogen-bond donors (Lipinski definition) is 1. The molecule has 10 heteroatoms. The number of ether oxygens (including phenoxy) is 5. The van der Waals surface area contributed by atoms with Crippen LogP contribution in [-0.2, 0) is 52.9 Å². The molecule has 1 aromatic rings. The number of nitrogens with one attached hydrogen (secondary N) is 1. The van der Waals surface area contributed by atoms with Crippen molar-refractivity contribution in [3.63, 3.8) is 0 Å². The van der Waals surface area contributed by atoms with Gasteiger partial charge >= 0.3 is 18.0 Å². The Morgan fingerprint density at radius 1 is 0.565 bits per heavy atom. The Labute approximate surface area is 423 Å². The van der Waals surface area contributed by atoms with Gasteiger partial charge in [-0.15, -0.1) is 0 Å². The number of hydrogen-bond acceptors (Lipinski definition) is 9. The Morgan fingerprint density at radius 3 is 1.62 bits per heavy atom. The molecule has 1 radical (unpaired) electrons. The second kappa shape index (κ2) is 44.0. The number of likely N-dealkylation sites (tertiary alicyclic amines) is 1. The minimum absolute atomic E-state index is 0.130. The predicted octanol–water partition coefficient (Wildman–Crippen LogP) is 15.5. The lowest BCUT2D eigenvalue weighted by Crippen LogP contribution is -2.35. The van der Waals surface area contributed by atoms with E-state index < -0.39 is 12.4 Å². The van der Waals surface area contributed by atoms with Crippen molar-refractivity contribution < 1.29 is 38.1 Å². The van der Waals surface area contributed by atoms with Crippen LogP contribution in [-0.4, -0.2) is 74.7 Å². The Morgan fingerprint density at radius 2 is 1.04 bits per heavy atom. The average Bonchev–Trinajstić information content (AvgIpc) is 3.87. The molecule has 2 atom stereocenters. The second-order valence-electron chi connectivity index (χ2n) is 20.2. The number of aryl methyl sites for hydroxylation is 1. The van der Waals surface area contributed by atoms with Crippen LogP contribution in [0.25, 0.3) is 0 Å². The van der Waals surface area contributed by atoms with Gasteiger partial charge in [-0.3, -0.25) is 9.59 Å². The molecule has 0 bridgehead atoms. The van der Waals surface area contributed by atoms with Gasteiger partial charge in [-0.05, 0) is 99.6 Å². The van der Waals surface area contributed by atoms with Gasteiger partial charge in [-0.25, -0.2) is 4.79 Å². The molecule has 1 N–H and O–H groups in total. The summed E-state index contributed by atoms with van der Waals surface area (Å²) < 4.78 is 30.1. The van der Waals surface area contributed by atoms with Crippen LogP contribution in [0, 0.1) is 12.8 Å². The topological polar surface area (TPSA) is 113 Å². The number of alkyl carbamates (subject to hydrolysis) is 1. The smallest absolute Gasteiger partial charge is 0.407 e. The number of benzene rings is 1. The highest BCUT2D eigenvalue weighted by Crippen LogP contribution is 2.25. The molecule has 69 heavy (non-hydrogen) atoms. The van der Waals surface area contributed by atoms with Crippen LogP contribution < -0.4 is 5.32 Å². The molecule has 10 nitrogen and oxygen atoms in total. The van der Waals surface area contributed by atoms with Gasteiger partial charge < -0.3 is 33.9 Å². The first-order valence-electron chi connectivity index (χ1n) is 28.9. The van der Waals surface area contributed by atoms with Crippen LogP contribution in [0.4, 0.5) is 4.79 Å². The summed E-state index contributed by atoms with van der Waals surface area (Å²) in [5.41, 5.74) is 2.95. The highest BCUT2D eigenvalue weighted by Gasteiger charge is 2.19. The van der Waals surface area contributed by atoms with Crippen LogP contribution in [0.1, 0.15) is 256 Å². The molecule has 0 saturated carbocycles. The van der Waals surface area contributed by atoms with E-state index >= 15 is 0 Å². The molecule has 1 aromatic carbocycles. The molecular formula is C59H105N2O8. The van der Waals surface area contributed by atoms with E-state index in [1.54, 1.807) is 0 Å². The molecule has 0 spiro atoms. The molecule has 0 aromatic heterocycles. The van der Waals surface area contributed by atoms with Gasteiger partial charge in [-0.2, -0.15) is 0 Å². The Balaban J connectivity index is 2.06. The van der Waals surface area contributed by atoms with E-state index in [0.29, 0.717) is 32.6 Å². The van der Waals surface area contributed by atoms with Crippen LogP contribution >= 0.6 is 0 Å². The minimum atomic E-state index is -0.414. The van der Waals surface area contributed by atoms with Crippen molar-refractivity contribution in [3.8, 4) is 0 Å². The molecule has 1 fully saturated rings. The van der Waals surface area contributed by atoms with Gasteiger partial charge in [0.1, 0.15) is 19.3 Å². The third-order valence-corrected chi connectivity index (χ3v) is 13.7. The fourth-order valence-electron chi connectivity index (χ4n) is 9.44. The van der Waals surface area contributed by atoms with E-state index in [2.05, 4.69) is 57.0 Å². The summed E-state index contributed by atoms with van der Waals surface area (Å²) >= 11 is 0. The number of carbonyl (C=O) groups is 3. The highest BCUT2D eigenvalue weighted by atomic mass is 16.7. The summed E-state index contributed by atoms with van der Waals surface area (Å²) in [4.78, 5) is 41.7. The quantitative estimate of drug-likeness (QED) is 0.0295. The van der Waals surface area contributed by atoms with Crippen molar-refractivity contribution in [1.29, 1.82) is 0 Å². The van der Waals surface area contributed by atoms with Gasteiger partial charge in [0.05, 0.1) is 6.42 Å². The zero-order valence-electron chi connectivity index (χ0n) is 45.1. The molecule has 2 unspecified atom stereocenters. The van der Waals surface area contributed by atoms with Crippen LogP contribution in [0.5, 0.6) is 0 Å². The van der Waals surface area contributed by atoms with E-state index in [1.807, 2.05) is 6.07 Å². The van der Waals surface area contributed by atoms with Gasteiger partial charge in [0.25, 0.3) is 0 Å². The standard InChI is InChI=1S/C59H105N2O8/c1-6-11-16-19-21-28-44-65-58(66-45-29-22-20-17-12-7-2)39-38-57(63)68-50-54-47-52(34-30-33-51(31-23-14-9-4)32-24-15-10-5)46-53(48-54)49-67-56(62)37-36-55(35-25-18-13-8-3)69-59(64)60-40-43-61-41-26-27-42-61/h46-48,51,55,58H,4,6-45,49-50H2,1-3,5H3,(H,60,64). The normalized spacial score (nSPS) is 13.4. The fourth-order valence-corrected chi connectivity index (χ4v) is 9.44. The largest absolute Gasteiger partial charge is 0.461 e. The third kappa shape index (κ3) is 35.1. The molecule has 1 heterocycles. The average molecular weight is 970 g/mol. The molecule has 1 amide bonds. The van der Waals surface area contributed by atoms with Crippen molar-refractivity contribution in [2.75, 3.05) is 39.4 Å². The highest BCUT2D eigenvalue weighted by molar-refractivity contribution is 5.70. The maximum absolute atomic E-state index is 13.3. The number of rotatable bonds is 47. The first kappa shape index (κ1) is 62.4. The lowest BCUT2D eigenvalue weighted by atomic mass is 9.89. The van der Waals surface area contributed by atoms with Crippen molar-refractivity contribution in [2.24, 2.45) is 5.92 Å². The molecule has 0 aliphatic carbocycles. The van der Waals surface area contributed by atoms with E-state index in [0.717, 1.165) is 114 Å². The van der Waals surface area contributed by atoms with Crippen molar-refractivity contribution in [3.05, 3.63) is 41.8 Å². The predicted molar refractivity (Wildman–Crippen MR) is 284 cm³/mol. The summed E-state index contributed by atoms with van der Waals surface area (Å²) in [5.74, 6) is 0.143. The molecule has 1 aliphatic heterocycles. The Kier molecular flexibility index (Phi) is 39.9. The summed E-state index contributed by atoms with van der Waals surface area (Å²) in [7, 11) is 0. The maximum Gasteiger partial charge on any atom is 0.407 e. The van der Waals surface area contributed by atoms with Crippen LogP contribution in [0.3, 0.4) is 0 Å². The van der Waals surface area contributed by atoms with E-state index in [-0.39, 0.29) is 44.1 Å². The van der Waals surface area contributed by atoms with E-state index in [4.69, 9.17) is 23.7 Å². The first-order valence-corrected chi connectivity index (χ1v) is 28.9. The summed E-state index contributed by atoms with van der Waals surface area (Å²) in [6, 6.07) is 6.30. The molecule has 1 aliphatic rings. The summed E-state index contributed by atoms with van der Waals surface area (Å²) in [5, 5.41) is 2.93. The molecule has 399 valence electrons. The third-order valence-electron chi connectivity index (χ3n) is 13.7. The Bertz CT molecular complexity index is 1360. The van der Waals surface area contributed by atoms with Crippen molar-refractivity contribution >= 4 is 18.0 Å². The van der Waals surface area contributed by atoms with Crippen molar-refractivity contribution in [2.45, 2.75) is 272 Å². The molecule has 2 rings (SSSR count). The molecular weight excluding hydrogens is 865 g/mol. The molecule has 1 saturated heterocycles. The zero-order valence-corrected chi connectivity index (χ0v) is 45.1.